The molecule has 3 aromatic rings. The van der Waals surface area contributed by atoms with Gasteiger partial charge in [-0.1, -0.05) is 29.8 Å². The zero-order valence-electron chi connectivity index (χ0n) is 16.7. The van der Waals surface area contributed by atoms with E-state index in [2.05, 4.69) is 15.6 Å². The molecule has 154 valence electrons. The highest BCUT2D eigenvalue weighted by atomic mass is 35.5. The van der Waals surface area contributed by atoms with E-state index < -0.39 is 6.10 Å². The first-order chi connectivity index (χ1) is 14.4. The van der Waals surface area contributed by atoms with Crippen LogP contribution in [0.2, 0.25) is 5.02 Å². The van der Waals surface area contributed by atoms with Gasteiger partial charge in [-0.15, -0.1) is 0 Å². The lowest BCUT2D eigenvalue weighted by Crippen LogP contribution is -2.31. The van der Waals surface area contributed by atoms with E-state index in [4.69, 9.17) is 16.3 Å². The molecule has 7 heteroatoms. The fourth-order valence-electron chi connectivity index (χ4n) is 2.75. The van der Waals surface area contributed by atoms with Crippen LogP contribution in [0.4, 0.5) is 5.69 Å². The van der Waals surface area contributed by atoms with Crippen LogP contribution in [0, 0.1) is 6.92 Å². The summed E-state index contributed by atoms with van der Waals surface area (Å²) in [5.41, 5.74) is 2.52. The Morgan fingerprint density at radius 1 is 1.13 bits per heavy atom. The Kier molecular flexibility index (Phi) is 7.03. The number of benzene rings is 2. The molecule has 0 spiro atoms. The van der Waals surface area contributed by atoms with Gasteiger partial charge in [0.15, 0.2) is 6.10 Å². The zero-order valence-corrected chi connectivity index (χ0v) is 17.4. The Hall–Kier alpha value is -3.38. The number of anilines is 1. The zero-order chi connectivity index (χ0) is 21.5. The number of ether oxygens (including phenoxy) is 1. The van der Waals surface area contributed by atoms with E-state index in [-0.39, 0.29) is 11.8 Å². The topological polar surface area (TPSA) is 80.3 Å². The molecule has 3 rings (SSSR count). The van der Waals surface area contributed by atoms with Crippen molar-refractivity contribution in [3.63, 3.8) is 0 Å². The molecule has 0 unspecified atom stereocenters. The number of nitrogens with one attached hydrogen (secondary N) is 2. The van der Waals surface area contributed by atoms with E-state index in [9.17, 15) is 9.59 Å². The molecule has 30 heavy (non-hydrogen) atoms. The molecular formula is C23H22ClN3O3. The maximum absolute atomic E-state index is 12.6. The number of pyridine rings is 1. The standard InChI is InChI=1S/C23H22ClN3O3/c1-15-12-18(9-10-20(15)24)30-16(2)22(28)27-21-8-4-3-7-19(21)23(29)26-14-17-6-5-11-25-13-17/h3-13,16H,14H2,1-2H3,(H,26,29)(H,27,28)/t16-/m0/s1. The summed E-state index contributed by atoms with van der Waals surface area (Å²) < 4.78 is 5.71. The molecule has 0 saturated carbocycles. The maximum Gasteiger partial charge on any atom is 0.265 e. The second-order valence-electron chi connectivity index (χ2n) is 6.75. The van der Waals surface area contributed by atoms with E-state index in [0.29, 0.717) is 28.6 Å². The van der Waals surface area contributed by atoms with Crippen LogP contribution in [0.25, 0.3) is 0 Å². The van der Waals surface area contributed by atoms with Crippen LogP contribution in [-0.2, 0) is 11.3 Å². The van der Waals surface area contributed by atoms with E-state index >= 15 is 0 Å². The molecule has 1 aromatic heterocycles. The quantitative estimate of drug-likeness (QED) is 0.591. The number of para-hydroxylation sites is 1. The van der Waals surface area contributed by atoms with Gasteiger partial charge in [-0.2, -0.15) is 0 Å². The minimum absolute atomic E-state index is 0.295. The van der Waals surface area contributed by atoms with Crippen molar-refractivity contribution >= 4 is 29.1 Å². The molecule has 2 N–H and O–H groups in total. The van der Waals surface area contributed by atoms with Crippen molar-refractivity contribution in [1.29, 1.82) is 0 Å². The van der Waals surface area contributed by atoms with Gasteiger partial charge in [0.25, 0.3) is 11.8 Å². The van der Waals surface area contributed by atoms with Crippen molar-refractivity contribution in [2.24, 2.45) is 0 Å². The van der Waals surface area contributed by atoms with Crippen molar-refractivity contribution in [2.75, 3.05) is 5.32 Å². The molecule has 2 amide bonds. The third kappa shape index (κ3) is 5.58. The number of aryl methyl sites for hydroxylation is 1. The summed E-state index contributed by atoms with van der Waals surface area (Å²) in [5.74, 6) is -0.117. The third-order valence-electron chi connectivity index (χ3n) is 4.42. The summed E-state index contributed by atoms with van der Waals surface area (Å²) in [5, 5.41) is 6.24. The first-order valence-corrected chi connectivity index (χ1v) is 9.81. The number of halogens is 1. The summed E-state index contributed by atoms with van der Waals surface area (Å²) in [4.78, 5) is 29.3. The van der Waals surface area contributed by atoms with Crippen LogP contribution in [-0.4, -0.2) is 22.9 Å². The molecule has 0 bridgehead atoms. The van der Waals surface area contributed by atoms with Crippen molar-refractivity contribution in [3.05, 3.63) is 88.7 Å². The summed E-state index contributed by atoms with van der Waals surface area (Å²) in [6, 6.07) is 15.7. The van der Waals surface area contributed by atoms with E-state index in [0.717, 1.165) is 11.1 Å². The predicted molar refractivity (Wildman–Crippen MR) is 117 cm³/mol. The molecule has 1 atom stereocenters. The highest BCUT2D eigenvalue weighted by molar-refractivity contribution is 6.31. The second kappa shape index (κ2) is 9.89. The number of carbonyl (C=O) groups is 2. The Morgan fingerprint density at radius 3 is 2.67 bits per heavy atom. The predicted octanol–water partition coefficient (Wildman–Crippen LogP) is 4.38. The van der Waals surface area contributed by atoms with Crippen LogP contribution in [0.1, 0.15) is 28.4 Å². The number of aromatic nitrogens is 1. The summed E-state index contributed by atoms with van der Waals surface area (Å²) >= 11 is 6.02. The number of hydrogen-bond donors (Lipinski definition) is 2. The number of hydrogen-bond acceptors (Lipinski definition) is 4. The van der Waals surface area contributed by atoms with Gasteiger partial charge in [0.1, 0.15) is 5.75 Å². The van der Waals surface area contributed by atoms with Crippen molar-refractivity contribution in [1.82, 2.24) is 10.3 Å². The van der Waals surface area contributed by atoms with Gasteiger partial charge in [-0.05, 0) is 61.4 Å². The number of rotatable bonds is 7. The molecule has 0 aliphatic rings. The van der Waals surface area contributed by atoms with E-state index in [1.807, 2.05) is 13.0 Å². The van der Waals surface area contributed by atoms with Gasteiger partial charge in [0, 0.05) is 24.0 Å². The van der Waals surface area contributed by atoms with Gasteiger partial charge in [0.2, 0.25) is 0 Å². The monoisotopic (exact) mass is 423 g/mol. The number of amides is 2. The minimum atomic E-state index is -0.767. The highest BCUT2D eigenvalue weighted by Crippen LogP contribution is 2.22. The molecule has 0 aliphatic heterocycles. The third-order valence-corrected chi connectivity index (χ3v) is 4.84. The van der Waals surface area contributed by atoms with Crippen LogP contribution in [0.5, 0.6) is 5.75 Å². The van der Waals surface area contributed by atoms with Gasteiger partial charge >= 0.3 is 0 Å². The normalized spacial score (nSPS) is 11.4. The number of nitrogens with zero attached hydrogens (tertiary/aromatic N) is 1. The fourth-order valence-corrected chi connectivity index (χ4v) is 2.87. The molecule has 1 heterocycles. The molecule has 0 saturated heterocycles. The largest absolute Gasteiger partial charge is 0.481 e. The lowest BCUT2D eigenvalue weighted by Gasteiger charge is -2.17. The molecule has 0 radical (unpaired) electrons. The molecule has 0 fully saturated rings. The maximum atomic E-state index is 12.6. The molecule has 6 nitrogen and oxygen atoms in total. The fraction of sp³-hybridized carbons (Fsp3) is 0.174. The average molecular weight is 424 g/mol. The Labute approximate surface area is 180 Å². The second-order valence-corrected chi connectivity index (χ2v) is 7.16. The van der Waals surface area contributed by atoms with Gasteiger partial charge in [-0.25, -0.2) is 0 Å². The lowest BCUT2D eigenvalue weighted by atomic mass is 10.1. The van der Waals surface area contributed by atoms with Gasteiger partial charge in [-0.3, -0.25) is 14.6 Å². The summed E-state index contributed by atoms with van der Waals surface area (Å²) in [6.07, 6.45) is 2.59. The van der Waals surface area contributed by atoms with E-state index in [1.165, 1.54) is 0 Å². The van der Waals surface area contributed by atoms with Gasteiger partial charge in [0.05, 0.1) is 11.3 Å². The summed E-state index contributed by atoms with van der Waals surface area (Å²) in [7, 11) is 0. The van der Waals surface area contributed by atoms with Crippen LogP contribution in [0.3, 0.4) is 0 Å². The van der Waals surface area contributed by atoms with Crippen molar-refractivity contribution in [2.45, 2.75) is 26.5 Å². The van der Waals surface area contributed by atoms with Crippen molar-refractivity contribution in [3.8, 4) is 5.75 Å². The SMILES string of the molecule is Cc1cc(O[C@@H](C)C(=O)Nc2ccccc2C(=O)NCc2cccnc2)ccc1Cl. The Morgan fingerprint density at radius 2 is 1.93 bits per heavy atom. The first-order valence-electron chi connectivity index (χ1n) is 9.44. The van der Waals surface area contributed by atoms with Crippen LogP contribution in [0.15, 0.2) is 67.0 Å². The minimum Gasteiger partial charge on any atom is -0.481 e. The highest BCUT2D eigenvalue weighted by Gasteiger charge is 2.18. The van der Waals surface area contributed by atoms with Gasteiger partial charge < -0.3 is 15.4 Å². The molecule has 0 aliphatic carbocycles. The number of carbonyl (C=O) groups excluding carboxylic acids is 2. The summed E-state index contributed by atoms with van der Waals surface area (Å²) in [6.45, 7) is 3.84. The van der Waals surface area contributed by atoms with E-state index in [1.54, 1.807) is 67.8 Å². The van der Waals surface area contributed by atoms with Crippen LogP contribution >= 0.6 is 11.6 Å². The smallest absolute Gasteiger partial charge is 0.265 e. The Bertz CT molecular complexity index is 1040. The van der Waals surface area contributed by atoms with Crippen molar-refractivity contribution < 1.29 is 14.3 Å². The Balaban J connectivity index is 1.65. The molecular weight excluding hydrogens is 402 g/mol. The first kappa shape index (κ1) is 21.3. The lowest BCUT2D eigenvalue weighted by molar-refractivity contribution is -0.122. The van der Waals surface area contributed by atoms with Crippen LogP contribution < -0.4 is 15.4 Å². The molecule has 2 aromatic carbocycles. The average Bonchev–Trinajstić information content (AvgIpc) is 2.75.